The molecule has 0 N–H and O–H groups in total. The van der Waals surface area contributed by atoms with Gasteiger partial charge in [-0.1, -0.05) is 37.0 Å². The van der Waals surface area contributed by atoms with E-state index in [2.05, 4.69) is 6.58 Å². The first-order valence-corrected chi connectivity index (χ1v) is 2.42. The van der Waals surface area contributed by atoms with Crippen molar-refractivity contribution in [2.45, 2.75) is 0 Å². The fourth-order valence-corrected chi connectivity index (χ4v) is 0.273. The van der Waals surface area contributed by atoms with Crippen molar-refractivity contribution >= 4 is 0 Å². The van der Waals surface area contributed by atoms with Crippen molar-refractivity contribution in [3.8, 4) is 0 Å². The van der Waals surface area contributed by atoms with E-state index in [1.54, 1.807) is 24.3 Å². The van der Waals surface area contributed by atoms with E-state index in [1.807, 2.05) is 0 Å². The molecular weight excluding hydrogens is 103 g/mol. The highest BCUT2D eigenvalue weighted by Gasteiger charge is 1.61. The number of rotatable bonds is 3. The van der Waals surface area contributed by atoms with Gasteiger partial charge in [-0.05, 0) is 0 Å². The van der Waals surface area contributed by atoms with Crippen LogP contribution in [-0.4, -0.2) is 6.67 Å². The van der Waals surface area contributed by atoms with Crippen LogP contribution in [0.5, 0.6) is 0 Å². The Hall–Kier alpha value is -0.850. The summed E-state index contributed by atoms with van der Waals surface area (Å²) >= 11 is 0. The molecule has 0 nitrogen and oxygen atoms in total. The number of allylic oxidation sites excluding steroid dienone is 5. The van der Waals surface area contributed by atoms with E-state index in [0.717, 1.165) is 0 Å². The van der Waals surface area contributed by atoms with Crippen LogP contribution >= 0.6 is 0 Å². The molecule has 0 saturated heterocycles. The van der Waals surface area contributed by atoms with Crippen molar-refractivity contribution in [1.29, 1.82) is 0 Å². The number of alkyl halides is 1. The maximum absolute atomic E-state index is 11.3. The van der Waals surface area contributed by atoms with Gasteiger partial charge in [-0.15, -0.1) is 0 Å². The summed E-state index contributed by atoms with van der Waals surface area (Å²) in [6, 6.07) is 0. The van der Waals surface area contributed by atoms with E-state index < -0.39 is 6.67 Å². The van der Waals surface area contributed by atoms with Crippen molar-refractivity contribution in [2.24, 2.45) is 0 Å². The quantitative estimate of drug-likeness (QED) is 0.491. The molecule has 0 unspecified atom stereocenters. The zero-order valence-corrected chi connectivity index (χ0v) is 4.68. The Kier molecular flexibility index (Phi) is 5.50. The predicted octanol–water partition coefficient (Wildman–Crippen LogP) is 2.25. The molecule has 0 heterocycles. The van der Waals surface area contributed by atoms with Crippen LogP contribution < -0.4 is 0 Å². The average Bonchev–Trinajstić information content (AvgIpc) is 1.81. The summed E-state index contributed by atoms with van der Waals surface area (Å²) in [5.41, 5.74) is 0. The van der Waals surface area contributed by atoms with Crippen molar-refractivity contribution in [2.75, 3.05) is 6.67 Å². The molecule has 0 amide bonds. The van der Waals surface area contributed by atoms with Crippen molar-refractivity contribution < 1.29 is 4.39 Å². The highest BCUT2D eigenvalue weighted by molar-refractivity contribution is 5.08. The van der Waals surface area contributed by atoms with Crippen LogP contribution in [0.2, 0.25) is 0 Å². The zero-order valence-electron chi connectivity index (χ0n) is 4.68. The molecule has 0 spiro atoms. The van der Waals surface area contributed by atoms with Crippen molar-refractivity contribution in [3.63, 3.8) is 0 Å². The van der Waals surface area contributed by atoms with E-state index >= 15 is 0 Å². The van der Waals surface area contributed by atoms with Crippen molar-refractivity contribution in [1.82, 2.24) is 0 Å². The van der Waals surface area contributed by atoms with Gasteiger partial charge in [0.2, 0.25) is 0 Å². The van der Waals surface area contributed by atoms with E-state index in [0.29, 0.717) is 0 Å². The molecule has 0 aliphatic heterocycles. The van der Waals surface area contributed by atoms with E-state index in [9.17, 15) is 4.39 Å². The number of hydrogen-bond donors (Lipinski definition) is 0. The van der Waals surface area contributed by atoms with Crippen LogP contribution in [0.15, 0.2) is 37.0 Å². The Morgan fingerprint density at radius 3 is 2.50 bits per heavy atom. The predicted molar refractivity (Wildman–Crippen MR) is 34.5 cm³/mol. The lowest BCUT2D eigenvalue weighted by Gasteiger charge is -1.69. The maximum Gasteiger partial charge on any atom is 0.108 e. The second-order valence-corrected chi connectivity index (χ2v) is 1.20. The lowest BCUT2D eigenvalue weighted by molar-refractivity contribution is 0.562. The van der Waals surface area contributed by atoms with Crippen LogP contribution in [-0.2, 0) is 0 Å². The van der Waals surface area contributed by atoms with Gasteiger partial charge in [0.15, 0.2) is 0 Å². The largest absolute Gasteiger partial charge is 0.247 e. The molecule has 1 heteroatoms. The van der Waals surface area contributed by atoms with E-state index in [-0.39, 0.29) is 0 Å². The highest BCUT2D eigenvalue weighted by atomic mass is 19.1. The summed E-state index contributed by atoms with van der Waals surface area (Å²) in [6.07, 6.45) is 8.18. The van der Waals surface area contributed by atoms with Crippen molar-refractivity contribution in [3.05, 3.63) is 37.0 Å². The van der Waals surface area contributed by atoms with Gasteiger partial charge in [0, 0.05) is 0 Å². The summed E-state index contributed by atoms with van der Waals surface area (Å²) in [7, 11) is 0. The summed E-state index contributed by atoms with van der Waals surface area (Å²) in [6.45, 7) is 3.04. The standard InChI is InChI=1S/C7H9F/c1-2-3-4-5-6-7-8/h2-6H,1,7H2/b4-3-,6-5-. The lowest BCUT2D eigenvalue weighted by Crippen LogP contribution is -1.56. The zero-order chi connectivity index (χ0) is 6.24. The molecule has 0 saturated carbocycles. The third kappa shape index (κ3) is 5.15. The molecular formula is C7H9F. The fraction of sp³-hybridized carbons (Fsp3) is 0.143. The summed E-state index contributed by atoms with van der Waals surface area (Å²) < 4.78 is 11.3. The molecule has 44 valence electrons. The summed E-state index contributed by atoms with van der Waals surface area (Å²) in [5.74, 6) is 0. The summed E-state index contributed by atoms with van der Waals surface area (Å²) in [5, 5.41) is 0. The molecule has 0 atom stereocenters. The fourth-order valence-electron chi connectivity index (χ4n) is 0.273. The Morgan fingerprint density at radius 1 is 1.25 bits per heavy atom. The number of hydrogen-bond acceptors (Lipinski definition) is 0. The molecule has 0 aliphatic carbocycles. The first-order chi connectivity index (χ1) is 3.91. The smallest absolute Gasteiger partial charge is 0.108 e. The lowest BCUT2D eigenvalue weighted by atomic mass is 10.4. The van der Waals surface area contributed by atoms with Gasteiger partial charge in [0.1, 0.15) is 6.67 Å². The van der Waals surface area contributed by atoms with E-state index in [1.165, 1.54) is 6.08 Å². The van der Waals surface area contributed by atoms with Crippen LogP contribution in [0, 0.1) is 0 Å². The maximum atomic E-state index is 11.3. The molecule has 0 aromatic carbocycles. The summed E-state index contributed by atoms with van der Waals surface area (Å²) in [4.78, 5) is 0. The third-order valence-corrected chi connectivity index (χ3v) is 0.583. The number of halogens is 1. The SMILES string of the molecule is C=C/C=C\C=C/CF. The molecule has 8 heavy (non-hydrogen) atoms. The molecule has 0 aliphatic rings. The molecule has 0 radical (unpaired) electrons. The van der Waals surface area contributed by atoms with Gasteiger partial charge in [0.05, 0.1) is 0 Å². The van der Waals surface area contributed by atoms with E-state index in [4.69, 9.17) is 0 Å². The van der Waals surface area contributed by atoms with Gasteiger partial charge < -0.3 is 0 Å². The highest BCUT2D eigenvalue weighted by Crippen LogP contribution is 1.77. The first-order valence-electron chi connectivity index (χ1n) is 2.42. The first kappa shape index (κ1) is 7.15. The molecule has 0 fully saturated rings. The molecule has 0 rings (SSSR count). The Morgan fingerprint density at radius 2 is 2.00 bits per heavy atom. The molecule has 0 aromatic rings. The average molecular weight is 112 g/mol. The van der Waals surface area contributed by atoms with Gasteiger partial charge in [-0.3, -0.25) is 0 Å². The minimum atomic E-state index is -0.401. The second kappa shape index (κ2) is 6.15. The van der Waals surface area contributed by atoms with Gasteiger partial charge in [0.25, 0.3) is 0 Å². The van der Waals surface area contributed by atoms with Crippen LogP contribution in [0.3, 0.4) is 0 Å². The minimum Gasteiger partial charge on any atom is -0.247 e. The van der Waals surface area contributed by atoms with Crippen LogP contribution in [0.4, 0.5) is 4.39 Å². The van der Waals surface area contributed by atoms with Crippen LogP contribution in [0.1, 0.15) is 0 Å². The Balaban J connectivity index is 3.26. The van der Waals surface area contributed by atoms with Gasteiger partial charge in [-0.25, -0.2) is 4.39 Å². The van der Waals surface area contributed by atoms with Crippen LogP contribution in [0.25, 0.3) is 0 Å². The minimum absolute atomic E-state index is 0.401. The third-order valence-electron chi connectivity index (χ3n) is 0.583. The normalized spacial score (nSPS) is 11.1. The molecule has 0 aromatic heterocycles. The Labute approximate surface area is 49.0 Å². The Bertz CT molecular complexity index is 101. The second-order valence-electron chi connectivity index (χ2n) is 1.20. The van der Waals surface area contributed by atoms with Gasteiger partial charge in [-0.2, -0.15) is 0 Å². The monoisotopic (exact) mass is 112 g/mol. The topological polar surface area (TPSA) is 0 Å². The van der Waals surface area contributed by atoms with Gasteiger partial charge >= 0.3 is 0 Å². The molecule has 0 bridgehead atoms.